The Hall–Kier alpha value is -1.33. The van der Waals surface area contributed by atoms with E-state index in [2.05, 4.69) is 15.9 Å². The molecule has 0 aliphatic heterocycles. The van der Waals surface area contributed by atoms with Gasteiger partial charge in [0.1, 0.15) is 6.10 Å². The Kier molecular flexibility index (Phi) is 4.44. The van der Waals surface area contributed by atoms with Crippen LogP contribution in [0.1, 0.15) is 33.9 Å². The standard InChI is InChI=1S/C16H14BrF3O/c1-9-5-11(8-13(17)6-9)15(21)14-4-3-12(7-10(14)2)16(18,19)20/h3-8,15,21H,1-2H3. The number of aryl methyl sites for hydroxylation is 2. The highest BCUT2D eigenvalue weighted by Crippen LogP contribution is 2.33. The Morgan fingerprint density at radius 2 is 1.71 bits per heavy atom. The summed E-state index contributed by atoms with van der Waals surface area (Å²) in [6.45, 7) is 3.46. The van der Waals surface area contributed by atoms with E-state index in [4.69, 9.17) is 0 Å². The number of aliphatic hydroxyl groups excluding tert-OH is 1. The predicted molar refractivity (Wildman–Crippen MR) is 79.1 cm³/mol. The molecule has 0 amide bonds. The van der Waals surface area contributed by atoms with Crippen molar-refractivity contribution < 1.29 is 18.3 Å². The first kappa shape index (κ1) is 16.0. The van der Waals surface area contributed by atoms with Crippen molar-refractivity contribution in [2.45, 2.75) is 26.1 Å². The van der Waals surface area contributed by atoms with Gasteiger partial charge in [-0.3, -0.25) is 0 Å². The predicted octanol–water partition coefficient (Wildman–Crippen LogP) is 5.17. The van der Waals surface area contributed by atoms with Crippen LogP contribution in [0.3, 0.4) is 0 Å². The van der Waals surface area contributed by atoms with Crippen LogP contribution in [0.4, 0.5) is 13.2 Å². The third-order valence-corrected chi connectivity index (χ3v) is 3.73. The van der Waals surface area contributed by atoms with Crippen LogP contribution < -0.4 is 0 Å². The minimum Gasteiger partial charge on any atom is -0.384 e. The van der Waals surface area contributed by atoms with E-state index in [-0.39, 0.29) is 0 Å². The molecule has 112 valence electrons. The first-order chi connectivity index (χ1) is 9.68. The zero-order valence-electron chi connectivity index (χ0n) is 11.5. The smallest absolute Gasteiger partial charge is 0.384 e. The first-order valence-corrected chi connectivity index (χ1v) is 7.10. The SMILES string of the molecule is Cc1cc(Br)cc(C(O)c2ccc(C(F)(F)F)cc2C)c1. The van der Waals surface area contributed by atoms with Crippen molar-refractivity contribution in [1.29, 1.82) is 0 Å². The monoisotopic (exact) mass is 358 g/mol. The topological polar surface area (TPSA) is 20.2 Å². The third kappa shape index (κ3) is 3.66. The number of hydrogen-bond donors (Lipinski definition) is 1. The normalized spacial score (nSPS) is 13.3. The lowest BCUT2D eigenvalue weighted by Gasteiger charge is -2.17. The second kappa shape index (κ2) is 5.81. The summed E-state index contributed by atoms with van der Waals surface area (Å²) in [6, 6.07) is 8.86. The van der Waals surface area contributed by atoms with Gasteiger partial charge in [0.25, 0.3) is 0 Å². The zero-order valence-corrected chi connectivity index (χ0v) is 13.1. The molecule has 0 aromatic heterocycles. The van der Waals surface area contributed by atoms with Gasteiger partial charge >= 0.3 is 6.18 Å². The number of halogens is 4. The van der Waals surface area contributed by atoms with Gasteiger partial charge in [-0.05, 0) is 60.4 Å². The van der Waals surface area contributed by atoms with E-state index < -0.39 is 17.8 Å². The summed E-state index contributed by atoms with van der Waals surface area (Å²) in [6.07, 6.45) is -5.33. The fourth-order valence-electron chi connectivity index (χ4n) is 2.26. The molecular weight excluding hydrogens is 345 g/mol. The van der Waals surface area contributed by atoms with Crippen LogP contribution in [0.15, 0.2) is 40.9 Å². The lowest BCUT2D eigenvalue weighted by molar-refractivity contribution is -0.137. The second-order valence-electron chi connectivity index (χ2n) is 5.03. The molecule has 0 heterocycles. The van der Waals surface area contributed by atoms with Gasteiger partial charge in [-0.1, -0.05) is 28.1 Å². The highest BCUT2D eigenvalue weighted by molar-refractivity contribution is 9.10. The molecule has 0 saturated carbocycles. The molecule has 0 radical (unpaired) electrons. The van der Waals surface area contributed by atoms with Gasteiger partial charge in [0, 0.05) is 4.47 Å². The molecular formula is C16H14BrF3O. The maximum Gasteiger partial charge on any atom is 0.416 e. The molecule has 1 nitrogen and oxygen atoms in total. The summed E-state index contributed by atoms with van der Waals surface area (Å²) in [5.74, 6) is 0. The van der Waals surface area contributed by atoms with Crippen molar-refractivity contribution in [2.24, 2.45) is 0 Å². The molecule has 1 unspecified atom stereocenters. The molecule has 21 heavy (non-hydrogen) atoms. The molecule has 2 rings (SSSR count). The van der Waals surface area contributed by atoms with E-state index in [1.165, 1.54) is 6.07 Å². The van der Waals surface area contributed by atoms with Crippen LogP contribution >= 0.6 is 15.9 Å². The number of rotatable bonds is 2. The van der Waals surface area contributed by atoms with Crippen LogP contribution in [0, 0.1) is 13.8 Å². The van der Waals surface area contributed by atoms with E-state index in [1.54, 1.807) is 13.0 Å². The molecule has 2 aromatic rings. The lowest BCUT2D eigenvalue weighted by Crippen LogP contribution is -2.08. The summed E-state index contributed by atoms with van der Waals surface area (Å²) in [4.78, 5) is 0. The van der Waals surface area contributed by atoms with Gasteiger partial charge < -0.3 is 5.11 Å². The van der Waals surface area contributed by atoms with E-state index >= 15 is 0 Å². The van der Waals surface area contributed by atoms with Crippen LogP contribution in [0.2, 0.25) is 0 Å². The fraction of sp³-hybridized carbons (Fsp3) is 0.250. The molecule has 5 heteroatoms. The van der Waals surface area contributed by atoms with Crippen molar-refractivity contribution >= 4 is 15.9 Å². The van der Waals surface area contributed by atoms with E-state index in [0.29, 0.717) is 16.7 Å². The zero-order chi connectivity index (χ0) is 15.8. The molecule has 0 aliphatic carbocycles. The number of aliphatic hydroxyl groups is 1. The molecule has 0 aliphatic rings. The molecule has 1 N–H and O–H groups in total. The van der Waals surface area contributed by atoms with Gasteiger partial charge in [-0.25, -0.2) is 0 Å². The summed E-state index contributed by atoms with van der Waals surface area (Å²) in [5, 5.41) is 10.4. The Labute approximate surface area is 129 Å². The molecule has 0 fully saturated rings. The van der Waals surface area contributed by atoms with E-state index in [9.17, 15) is 18.3 Å². The number of hydrogen-bond acceptors (Lipinski definition) is 1. The van der Waals surface area contributed by atoms with Crippen LogP contribution in [-0.2, 0) is 6.18 Å². The Morgan fingerprint density at radius 1 is 1.05 bits per heavy atom. The molecule has 1 atom stereocenters. The number of benzene rings is 2. The van der Waals surface area contributed by atoms with Gasteiger partial charge in [0.05, 0.1) is 5.56 Å². The Balaban J connectivity index is 2.42. The largest absolute Gasteiger partial charge is 0.416 e. The lowest BCUT2D eigenvalue weighted by atomic mass is 9.95. The Bertz CT molecular complexity index is 645. The van der Waals surface area contributed by atoms with Crippen LogP contribution in [0.25, 0.3) is 0 Å². The summed E-state index contributed by atoms with van der Waals surface area (Å²) >= 11 is 3.35. The molecule has 0 saturated heterocycles. The van der Waals surface area contributed by atoms with Crippen LogP contribution in [0.5, 0.6) is 0 Å². The van der Waals surface area contributed by atoms with Crippen molar-refractivity contribution in [2.75, 3.05) is 0 Å². The van der Waals surface area contributed by atoms with Crippen molar-refractivity contribution in [1.82, 2.24) is 0 Å². The van der Waals surface area contributed by atoms with E-state index in [0.717, 1.165) is 22.2 Å². The van der Waals surface area contributed by atoms with Crippen molar-refractivity contribution in [3.63, 3.8) is 0 Å². The molecule has 0 spiro atoms. The molecule has 0 bridgehead atoms. The third-order valence-electron chi connectivity index (χ3n) is 3.27. The van der Waals surface area contributed by atoms with E-state index in [1.807, 2.05) is 19.1 Å². The minimum absolute atomic E-state index is 0.412. The first-order valence-electron chi connectivity index (χ1n) is 6.31. The van der Waals surface area contributed by atoms with Crippen molar-refractivity contribution in [3.05, 3.63) is 68.7 Å². The van der Waals surface area contributed by atoms with Gasteiger partial charge in [-0.2, -0.15) is 13.2 Å². The summed E-state index contributed by atoms with van der Waals surface area (Å²) < 4.78 is 38.8. The minimum atomic E-state index is -4.37. The molecule has 2 aromatic carbocycles. The average Bonchev–Trinajstić information content (AvgIpc) is 2.35. The van der Waals surface area contributed by atoms with Gasteiger partial charge in [-0.15, -0.1) is 0 Å². The van der Waals surface area contributed by atoms with Gasteiger partial charge in [0.15, 0.2) is 0 Å². The highest BCUT2D eigenvalue weighted by atomic mass is 79.9. The Morgan fingerprint density at radius 3 is 2.24 bits per heavy atom. The average molecular weight is 359 g/mol. The maximum absolute atomic E-state index is 12.7. The maximum atomic E-state index is 12.7. The highest BCUT2D eigenvalue weighted by Gasteiger charge is 2.31. The fourth-order valence-corrected chi connectivity index (χ4v) is 2.89. The summed E-state index contributed by atoms with van der Waals surface area (Å²) in [7, 11) is 0. The quantitative estimate of drug-likeness (QED) is 0.785. The van der Waals surface area contributed by atoms with Gasteiger partial charge in [0.2, 0.25) is 0 Å². The number of alkyl halides is 3. The van der Waals surface area contributed by atoms with Crippen molar-refractivity contribution in [3.8, 4) is 0 Å². The van der Waals surface area contributed by atoms with Crippen LogP contribution in [-0.4, -0.2) is 5.11 Å². The summed E-state index contributed by atoms with van der Waals surface area (Å²) in [5.41, 5.74) is 1.78. The second-order valence-corrected chi connectivity index (χ2v) is 5.95.